The molecule has 0 radical (unpaired) electrons. The van der Waals surface area contributed by atoms with Crippen molar-refractivity contribution < 1.29 is 4.79 Å². The Balaban J connectivity index is 1.52. The van der Waals surface area contributed by atoms with Gasteiger partial charge in [0, 0.05) is 57.6 Å². The number of anilines is 2. The number of amides is 1. The molecule has 134 valence electrons. The number of piperazine rings is 1. The molecule has 2 aromatic rings. The van der Waals surface area contributed by atoms with Crippen LogP contribution in [0.2, 0.25) is 0 Å². The summed E-state index contributed by atoms with van der Waals surface area (Å²) in [4.78, 5) is 20.0. The van der Waals surface area contributed by atoms with E-state index in [9.17, 15) is 4.79 Å². The summed E-state index contributed by atoms with van der Waals surface area (Å²) in [6.45, 7) is 5.20. The van der Waals surface area contributed by atoms with Crippen molar-refractivity contribution >= 4 is 28.7 Å². The number of thiophene rings is 1. The molecule has 0 atom stereocenters. The molecule has 3 heterocycles. The van der Waals surface area contributed by atoms with E-state index in [0.717, 1.165) is 44.1 Å². The van der Waals surface area contributed by atoms with Crippen LogP contribution in [0.4, 0.5) is 11.5 Å². The Hall–Kier alpha value is -2.15. The van der Waals surface area contributed by atoms with Crippen LogP contribution in [0.3, 0.4) is 0 Å². The maximum absolute atomic E-state index is 12.5. The molecule has 0 saturated carbocycles. The highest BCUT2D eigenvalue weighted by Gasteiger charge is 2.22. The third-order valence-corrected chi connectivity index (χ3v) is 5.72. The second-order valence-electron chi connectivity index (χ2n) is 6.56. The van der Waals surface area contributed by atoms with E-state index >= 15 is 0 Å². The van der Waals surface area contributed by atoms with Crippen molar-refractivity contribution in [2.45, 2.75) is 19.8 Å². The summed E-state index contributed by atoms with van der Waals surface area (Å²) in [6.07, 6.45) is 3.20. The van der Waals surface area contributed by atoms with E-state index in [-0.39, 0.29) is 5.91 Å². The van der Waals surface area contributed by atoms with E-state index < -0.39 is 0 Å². The van der Waals surface area contributed by atoms with Crippen molar-refractivity contribution in [3.8, 4) is 0 Å². The fourth-order valence-electron chi connectivity index (χ4n) is 2.97. The van der Waals surface area contributed by atoms with Gasteiger partial charge in [0.15, 0.2) is 5.82 Å². The van der Waals surface area contributed by atoms with Crippen LogP contribution in [0.5, 0.6) is 0 Å². The number of carbonyl (C=O) groups is 1. The number of nitrogens with zero attached hydrogens (tertiary/aromatic N) is 5. The van der Waals surface area contributed by atoms with E-state index in [1.165, 1.54) is 10.4 Å². The first-order valence-corrected chi connectivity index (χ1v) is 9.48. The van der Waals surface area contributed by atoms with Gasteiger partial charge in [-0.25, -0.2) is 0 Å². The number of hydrogen-bond donors (Lipinski definition) is 0. The third-order valence-electron chi connectivity index (χ3n) is 4.63. The van der Waals surface area contributed by atoms with Crippen LogP contribution in [0.15, 0.2) is 23.7 Å². The Morgan fingerprint density at radius 1 is 1.28 bits per heavy atom. The van der Waals surface area contributed by atoms with Crippen LogP contribution in [0.25, 0.3) is 0 Å². The lowest BCUT2D eigenvalue weighted by Gasteiger charge is -2.35. The standard InChI is InChI=1S/C18H25N5OS/c1-14-6-11-25-16(14)4-5-18(24)23-9-7-22(8-10-23)17-12-15(21(2)3)13-19-20-17/h6,11-13H,4-5,7-10H2,1-3H3. The van der Waals surface area contributed by atoms with Gasteiger partial charge in [0.25, 0.3) is 0 Å². The molecule has 1 aliphatic rings. The van der Waals surface area contributed by atoms with Gasteiger partial charge in [-0.2, -0.15) is 5.10 Å². The van der Waals surface area contributed by atoms with Crippen molar-refractivity contribution in [1.29, 1.82) is 0 Å². The Labute approximate surface area is 153 Å². The van der Waals surface area contributed by atoms with Gasteiger partial charge in [-0.3, -0.25) is 4.79 Å². The SMILES string of the molecule is Cc1ccsc1CCC(=O)N1CCN(c2cc(N(C)C)cnn2)CC1. The highest BCUT2D eigenvalue weighted by Crippen LogP contribution is 2.20. The number of aromatic nitrogens is 2. The maximum Gasteiger partial charge on any atom is 0.223 e. The molecule has 1 fully saturated rings. The summed E-state index contributed by atoms with van der Waals surface area (Å²) in [5, 5.41) is 10.4. The molecule has 2 aromatic heterocycles. The highest BCUT2D eigenvalue weighted by molar-refractivity contribution is 7.10. The molecule has 0 N–H and O–H groups in total. The molecule has 1 saturated heterocycles. The average molecular weight is 359 g/mol. The summed E-state index contributed by atoms with van der Waals surface area (Å²) in [5.41, 5.74) is 2.33. The van der Waals surface area contributed by atoms with Crippen LogP contribution in [-0.2, 0) is 11.2 Å². The molecule has 0 aromatic carbocycles. The summed E-state index contributed by atoms with van der Waals surface area (Å²) < 4.78 is 0. The van der Waals surface area contributed by atoms with Gasteiger partial charge < -0.3 is 14.7 Å². The smallest absolute Gasteiger partial charge is 0.223 e. The monoisotopic (exact) mass is 359 g/mol. The summed E-state index contributed by atoms with van der Waals surface area (Å²) >= 11 is 1.74. The average Bonchev–Trinajstić information content (AvgIpc) is 3.05. The molecule has 7 heteroatoms. The lowest BCUT2D eigenvalue weighted by atomic mass is 10.2. The predicted molar refractivity (Wildman–Crippen MR) is 103 cm³/mol. The third kappa shape index (κ3) is 4.28. The van der Waals surface area contributed by atoms with Gasteiger partial charge in [0.05, 0.1) is 11.9 Å². The molecule has 0 unspecified atom stereocenters. The fourth-order valence-corrected chi connectivity index (χ4v) is 3.88. The zero-order chi connectivity index (χ0) is 17.8. The fraction of sp³-hybridized carbons (Fsp3) is 0.500. The van der Waals surface area contributed by atoms with Crippen LogP contribution < -0.4 is 9.80 Å². The van der Waals surface area contributed by atoms with Gasteiger partial charge in [0.1, 0.15) is 0 Å². The first-order chi connectivity index (χ1) is 12.0. The van der Waals surface area contributed by atoms with E-state index in [2.05, 4.69) is 33.5 Å². The van der Waals surface area contributed by atoms with Gasteiger partial charge in [-0.05, 0) is 30.4 Å². The molecule has 3 rings (SSSR count). The van der Waals surface area contributed by atoms with E-state index in [0.29, 0.717) is 6.42 Å². The molecule has 1 aliphatic heterocycles. The minimum atomic E-state index is 0.251. The predicted octanol–water partition coefficient (Wildman–Crippen LogP) is 2.19. The molecular formula is C18H25N5OS. The number of hydrogen-bond acceptors (Lipinski definition) is 6. The second-order valence-corrected chi connectivity index (χ2v) is 7.56. The van der Waals surface area contributed by atoms with Crippen LogP contribution >= 0.6 is 11.3 Å². The molecule has 25 heavy (non-hydrogen) atoms. The minimum Gasteiger partial charge on any atom is -0.376 e. The molecular weight excluding hydrogens is 334 g/mol. The van der Waals surface area contributed by atoms with Gasteiger partial charge >= 0.3 is 0 Å². The highest BCUT2D eigenvalue weighted by atomic mass is 32.1. The number of aryl methyl sites for hydroxylation is 2. The Morgan fingerprint density at radius 3 is 2.68 bits per heavy atom. The zero-order valence-electron chi connectivity index (χ0n) is 15.1. The largest absolute Gasteiger partial charge is 0.376 e. The topological polar surface area (TPSA) is 52.6 Å². The summed E-state index contributed by atoms with van der Waals surface area (Å²) in [5.74, 6) is 1.13. The molecule has 6 nitrogen and oxygen atoms in total. The lowest BCUT2D eigenvalue weighted by Crippen LogP contribution is -2.49. The van der Waals surface area contributed by atoms with Gasteiger partial charge in [0.2, 0.25) is 5.91 Å². The zero-order valence-corrected chi connectivity index (χ0v) is 15.9. The summed E-state index contributed by atoms with van der Waals surface area (Å²) in [7, 11) is 3.99. The Bertz CT molecular complexity index is 722. The van der Waals surface area contributed by atoms with Crippen molar-refractivity contribution in [3.63, 3.8) is 0 Å². The molecule has 0 bridgehead atoms. The van der Waals surface area contributed by atoms with Crippen molar-refractivity contribution in [2.75, 3.05) is 50.1 Å². The molecule has 0 aliphatic carbocycles. The van der Waals surface area contributed by atoms with E-state index in [1.54, 1.807) is 17.5 Å². The maximum atomic E-state index is 12.5. The number of carbonyl (C=O) groups excluding carboxylic acids is 1. The normalized spacial score (nSPS) is 14.7. The van der Waals surface area contributed by atoms with E-state index in [1.807, 2.05) is 30.0 Å². The molecule has 0 spiro atoms. The number of rotatable bonds is 5. The van der Waals surface area contributed by atoms with E-state index in [4.69, 9.17) is 0 Å². The Morgan fingerprint density at radius 2 is 2.04 bits per heavy atom. The first kappa shape index (κ1) is 17.7. The van der Waals surface area contributed by atoms with Crippen molar-refractivity contribution in [2.24, 2.45) is 0 Å². The first-order valence-electron chi connectivity index (χ1n) is 8.60. The van der Waals surface area contributed by atoms with Crippen LogP contribution in [0, 0.1) is 6.92 Å². The van der Waals surface area contributed by atoms with Crippen LogP contribution in [-0.4, -0.2) is 61.3 Å². The van der Waals surface area contributed by atoms with Gasteiger partial charge in [-0.1, -0.05) is 0 Å². The van der Waals surface area contributed by atoms with Crippen molar-refractivity contribution in [3.05, 3.63) is 34.2 Å². The van der Waals surface area contributed by atoms with Crippen LogP contribution in [0.1, 0.15) is 16.9 Å². The molecule has 1 amide bonds. The minimum absolute atomic E-state index is 0.251. The Kier molecular flexibility index (Phi) is 5.53. The summed E-state index contributed by atoms with van der Waals surface area (Å²) in [6, 6.07) is 4.16. The quantitative estimate of drug-likeness (QED) is 0.819. The lowest BCUT2D eigenvalue weighted by molar-refractivity contribution is -0.131. The van der Waals surface area contributed by atoms with Gasteiger partial charge in [-0.15, -0.1) is 16.4 Å². The van der Waals surface area contributed by atoms with Crippen molar-refractivity contribution in [1.82, 2.24) is 15.1 Å². The second kappa shape index (κ2) is 7.82.